The number of carbonyl (C=O) groups is 1. The van der Waals surface area contributed by atoms with Crippen molar-refractivity contribution in [2.75, 3.05) is 0 Å². The van der Waals surface area contributed by atoms with Crippen LogP contribution in [0.25, 0.3) is 17.2 Å². The predicted octanol–water partition coefficient (Wildman–Crippen LogP) is 7.68. The second-order valence-electron chi connectivity index (χ2n) is 8.02. The number of carbonyl (C=O) groups excluding carboxylic acids is 1. The van der Waals surface area contributed by atoms with Gasteiger partial charge in [0.05, 0.1) is 28.4 Å². The van der Waals surface area contributed by atoms with Crippen LogP contribution < -0.4 is 0 Å². The van der Waals surface area contributed by atoms with Gasteiger partial charge in [0.1, 0.15) is 11.5 Å². The number of halogens is 2. The first-order valence-corrected chi connectivity index (χ1v) is 13.6. The molecule has 0 atom stereocenters. The smallest absolute Gasteiger partial charge is 0.267 e. The summed E-state index contributed by atoms with van der Waals surface area (Å²) in [5.74, 6) is 0.415. The largest absolute Gasteiger partial charge is 0.506 e. The lowest BCUT2D eigenvalue weighted by Gasteiger charge is -2.12. The van der Waals surface area contributed by atoms with Crippen molar-refractivity contribution in [2.24, 2.45) is 10.2 Å². The van der Waals surface area contributed by atoms with Crippen molar-refractivity contribution in [1.82, 2.24) is 4.90 Å². The van der Waals surface area contributed by atoms with Gasteiger partial charge >= 0.3 is 0 Å². The van der Waals surface area contributed by atoms with Crippen molar-refractivity contribution in [3.8, 4) is 16.9 Å². The number of aromatic hydroxyl groups is 1. The average Bonchev–Trinajstić information content (AvgIpc) is 3.52. The topological polar surface area (TPSA) is 78.4 Å². The summed E-state index contributed by atoms with van der Waals surface area (Å²) in [7, 11) is 0. The van der Waals surface area contributed by atoms with Gasteiger partial charge in [0.15, 0.2) is 5.17 Å². The Kier molecular flexibility index (Phi) is 7.73. The zero-order valence-corrected chi connectivity index (χ0v) is 23.2. The third-order valence-electron chi connectivity index (χ3n) is 5.49. The van der Waals surface area contributed by atoms with Crippen molar-refractivity contribution < 1.29 is 14.3 Å². The summed E-state index contributed by atoms with van der Waals surface area (Å²) in [5, 5.41) is 19.5. The molecule has 1 aliphatic rings. The van der Waals surface area contributed by atoms with Gasteiger partial charge in [0, 0.05) is 10.0 Å². The second-order valence-corrected chi connectivity index (χ2v) is 10.8. The van der Waals surface area contributed by atoms with Crippen LogP contribution in [0, 0.1) is 0 Å². The number of phenolic OH excluding ortho intramolecular Hbond substituents is 1. The summed E-state index contributed by atoms with van der Waals surface area (Å²) in [6.45, 7) is 0.213. The van der Waals surface area contributed by atoms with Gasteiger partial charge in [-0.2, -0.15) is 5.10 Å². The van der Waals surface area contributed by atoms with E-state index in [1.807, 2.05) is 42.5 Å². The number of hydrogen-bond acceptors (Lipinski definition) is 6. The molecule has 1 aliphatic heterocycles. The van der Waals surface area contributed by atoms with E-state index in [4.69, 9.17) is 4.42 Å². The number of amides is 1. The number of furan rings is 1. The Labute approximate surface area is 234 Å². The molecule has 0 bridgehead atoms. The van der Waals surface area contributed by atoms with E-state index < -0.39 is 0 Å². The van der Waals surface area contributed by atoms with E-state index in [1.165, 1.54) is 16.7 Å². The summed E-state index contributed by atoms with van der Waals surface area (Å²) in [5.41, 5.74) is 3.64. The molecule has 2 heterocycles. The molecule has 184 valence electrons. The van der Waals surface area contributed by atoms with Gasteiger partial charge in [-0.05, 0) is 74.7 Å². The van der Waals surface area contributed by atoms with E-state index >= 15 is 0 Å². The molecule has 0 unspecified atom stereocenters. The molecule has 1 amide bonds. The van der Waals surface area contributed by atoms with Crippen LogP contribution in [0.1, 0.15) is 16.9 Å². The maximum absolute atomic E-state index is 13.3. The van der Waals surface area contributed by atoms with Gasteiger partial charge in [-0.1, -0.05) is 70.5 Å². The van der Waals surface area contributed by atoms with E-state index in [-0.39, 0.29) is 18.2 Å². The summed E-state index contributed by atoms with van der Waals surface area (Å²) < 4.78 is 6.74. The van der Waals surface area contributed by atoms with Crippen molar-refractivity contribution in [3.63, 3.8) is 0 Å². The number of benzene rings is 3. The SMILES string of the molecule is O=C1/C(=C/c2cc(Br)cc(Br)c2O)S/C(=N\N=C\c2ccc(-c3ccccc3)cc2)N1Cc1ccco1. The average molecular weight is 637 g/mol. The summed E-state index contributed by atoms with van der Waals surface area (Å²) >= 11 is 7.94. The Morgan fingerprint density at radius 3 is 2.46 bits per heavy atom. The molecule has 9 heteroatoms. The van der Waals surface area contributed by atoms with Crippen molar-refractivity contribution in [3.05, 3.63) is 116 Å². The lowest BCUT2D eigenvalue weighted by molar-refractivity contribution is -0.122. The zero-order chi connectivity index (χ0) is 25.8. The van der Waals surface area contributed by atoms with Crippen LogP contribution in [0.3, 0.4) is 0 Å². The molecule has 4 aromatic rings. The van der Waals surface area contributed by atoms with E-state index in [9.17, 15) is 9.90 Å². The molecule has 6 nitrogen and oxygen atoms in total. The van der Waals surface area contributed by atoms with Crippen LogP contribution in [0.5, 0.6) is 5.75 Å². The molecule has 0 spiro atoms. The maximum Gasteiger partial charge on any atom is 0.267 e. The fourth-order valence-electron chi connectivity index (χ4n) is 3.65. The molecule has 0 saturated carbocycles. The Hall–Kier alpha value is -3.40. The second kappa shape index (κ2) is 11.3. The number of rotatable bonds is 6. The minimum atomic E-state index is -0.252. The monoisotopic (exact) mass is 635 g/mol. The highest BCUT2D eigenvalue weighted by Crippen LogP contribution is 2.38. The molecule has 1 saturated heterocycles. The minimum absolute atomic E-state index is 0.0454. The van der Waals surface area contributed by atoms with E-state index in [0.29, 0.717) is 25.9 Å². The van der Waals surface area contributed by atoms with Gasteiger partial charge in [-0.15, -0.1) is 5.10 Å². The molecule has 3 aromatic carbocycles. The van der Waals surface area contributed by atoms with E-state index in [1.54, 1.807) is 42.8 Å². The fraction of sp³-hybridized carbons (Fsp3) is 0.0357. The normalized spacial score (nSPS) is 15.9. The number of phenols is 1. The predicted molar refractivity (Wildman–Crippen MR) is 155 cm³/mol. The number of hydrogen-bond donors (Lipinski definition) is 1. The van der Waals surface area contributed by atoms with Gasteiger partial charge < -0.3 is 9.52 Å². The lowest BCUT2D eigenvalue weighted by Crippen LogP contribution is -2.28. The standard InChI is InChI=1S/C28H19Br2N3O3S/c29-22-13-21(26(34)24(30)15-22)14-25-27(35)33(17-23-7-4-12-36-23)28(37-25)32-31-16-18-8-10-20(11-9-18)19-5-2-1-3-6-19/h1-16,34H,17H2/b25-14-,31-16+,32-28-. The zero-order valence-electron chi connectivity index (χ0n) is 19.2. The Morgan fingerprint density at radius 2 is 1.73 bits per heavy atom. The summed E-state index contributed by atoms with van der Waals surface area (Å²) in [6.07, 6.45) is 4.85. The van der Waals surface area contributed by atoms with E-state index in [2.05, 4.69) is 54.2 Å². The lowest BCUT2D eigenvalue weighted by atomic mass is 10.0. The number of amidine groups is 1. The molecule has 5 rings (SSSR count). The van der Waals surface area contributed by atoms with Gasteiger partial charge in [-0.3, -0.25) is 9.69 Å². The van der Waals surface area contributed by atoms with E-state index in [0.717, 1.165) is 21.2 Å². The third kappa shape index (κ3) is 5.95. The summed E-state index contributed by atoms with van der Waals surface area (Å²) in [6, 6.07) is 25.2. The highest BCUT2D eigenvalue weighted by atomic mass is 79.9. The van der Waals surface area contributed by atoms with Crippen molar-refractivity contribution in [2.45, 2.75) is 6.54 Å². The quantitative estimate of drug-likeness (QED) is 0.134. The van der Waals surface area contributed by atoms with Crippen LogP contribution in [0.2, 0.25) is 0 Å². The molecule has 0 radical (unpaired) electrons. The maximum atomic E-state index is 13.3. The first kappa shape index (κ1) is 25.3. The highest BCUT2D eigenvalue weighted by Gasteiger charge is 2.34. The van der Waals surface area contributed by atoms with Crippen molar-refractivity contribution in [1.29, 1.82) is 0 Å². The van der Waals surface area contributed by atoms with Crippen LogP contribution in [-0.2, 0) is 11.3 Å². The van der Waals surface area contributed by atoms with Crippen LogP contribution in [0.4, 0.5) is 0 Å². The van der Waals surface area contributed by atoms with Crippen LogP contribution in [0.15, 0.2) is 114 Å². The Morgan fingerprint density at radius 1 is 0.973 bits per heavy atom. The summed E-state index contributed by atoms with van der Waals surface area (Å²) in [4.78, 5) is 15.2. The number of nitrogens with zero attached hydrogens (tertiary/aromatic N) is 3. The molecule has 1 aromatic heterocycles. The van der Waals surface area contributed by atoms with Gasteiger partial charge in [0.2, 0.25) is 0 Å². The molecule has 0 aliphatic carbocycles. The molecule has 37 heavy (non-hydrogen) atoms. The van der Waals surface area contributed by atoms with Gasteiger partial charge in [-0.25, -0.2) is 0 Å². The minimum Gasteiger partial charge on any atom is -0.506 e. The third-order valence-corrected chi connectivity index (χ3v) is 7.55. The van der Waals surface area contributed by atoms with Crippen molar-refractivity contribution >= 4 is 67.0 Å². The Bertz CT molecular complexity index is 1520. The number of thioether (sulfide) groups is 1. The molecular weight excluding hydrogens is 618 g/mol. The van der Waals surface area contributed by atoms with Crippen LogP contribution in [-0.4, -0.2) is 27.3 Å². The Balaban J connectivity index is 1.41. The first-order chi connectivity index (χ1) is 18.0. The highest BCUT2D eigenvalue weighted by molar-refractivity contribution is 9.11. The fourth-order valence-corrected chi connectivity index (χ4v) is 5.84. The molecule has 1 N–H and O–H groups in total. The molecular formula is C28H19Br2N3O3S. The first-order valence-electron chi connectivity index (χ1n) is 11.2. The van der Waals surface area contributed by atoms with Gasteiger partial charge in [0.25, 0.3) is 5.91 Å². The molecule has 1 fully saturated rings. The van der Waals surface area contributed by atoms with Crippen LogP contribution >= 0.6 is 43.6 Å².